The van der Waals surface area contributed by atoms with Gasteiger partial charge in [0.05, 0.1) is 6.61 Å². The van der Waals surface area contributed by atoms with Crippen molar-refractivity contribution in [1.29, 1.82) is 0 Å². The van der Waals surface area contributed by atoms with Crippen LogP contribution in [0.5, 0.6) is 0 Å². The number of hydrogen-bond acceptors (Lipinski definition) is 3. The zero-order chi connectivity index (χ0) is 15.9. The number of carbonyl (C=O) groups is 2. The zero-order valence-corrected chi connectivity index (χ0v) is 12.5. The molecule has 1 aromatic rings. The molecule has 1 amide bonds. The third-order valence-corrected chi connectivity index (χ3v) is 3.79. The van der Waals surface area contributed by atoms with E-state index in [0.29, 0.717) is 19.3 Å². The van der Waals surface area contributed by atoms with E-state index in [1.54, 1.807) is 6.08 Å². The lowest BCUT2D eigenvalue weighted by Gasteiger charge is -2.26. The Bertz CT molecular complexity index is 530. The maximum Gasteiger partial charge on any atom is 0.410 e. The highest BCUT2D eigenvalue weighted by molar-refractivity contribution is 5.77. The van der Waals surface area contributed by atoms with Gasteiger partial charge >= 0.3 is 12.1 Å². The van der Waals surface area contributed by atoms with Crippen molar-refractivity contribution in [3.8, 4) is 0 Å². The van der Waals surface area contributed by atoms with Crippen LogP contribution in [0.15, 0.2) is 36.9 Å². The number of fused-ring (bicyclic) bond motifs is 1. The molecule has 0 saturated carbocycles. The fourth-order valence-corrected chi connectivity index (χ4v) is 2.71. The lowest BCUT2D eigenvalue weighted by molar-refractivity contribution is -0.138. The average Bonchev–Trinajstić information content (AvgIpc) is 2.92. The van der Waals surface area contributed by atoms with Gasteiger partial charge in [0.2, 0.25) is 0 Å². The Hall–Kier alpha value is -2.30. The summed E-state index contributed by atoms with van der Waals surface area (Å²) in [4.78, 5) is 24.6. The fourth-order valence-electron chi connectivity index (χ4n) is 2.71. The fraction of sp³-hybridized carbons (Fsp3) is 0.412. The van der Waals surface area contributed by atoms with Crippen molar-refractivity contribution in [2.75, 3.05) is 13.2 Å². The number of carboxylic acids is 1. The molecule has 5 nitrogen and oxygen atoms in total. The van der Waals surface area contributed by atoms with E-state index in [4.69, 9.17) is 9.84 Å². The first-order valence-corrected chi connectivity index (χ1v) is 7.44. The summed E-state index contributed by atoms with van der Waals surface area (Å²) < 4.78 is 5.19. The van der Waals surface area contributed by atoms with Gasteiger partial charge < -0.3 is 9.84 Å². The van der Waals surface area contributed by atoms with Crippen LogP contribution < -0.4 is 0 Å². The van der Waals surface area contributed by atoms with Gasteiger partial charge in [-0.3, -0.25) is 9.69 Å². The zero-order valence-electron chi connectivity index (χ0n) is 12.5. The molecule has 0 aromatic heterocycles. The Kier molecular flexibility index (Phi) is 5.58. The maximum absolute atomic E-state index is 12.2. The Morgan fingerprint density at radius 3 is 2.50 bits per heavy atom. The summed E-state index contributed by atoms with van der Waals surface area (Å²) in [6.07, 6.45) is 4.01. The predicted octanol–water partition coefficient (Wildman–Crippen LogP) is 2.64. The van der Waals surface area contributed by atoms with E-state index >= 15 is 0 Å². The second-order valence-corrected chi connectivity index (χ2v) is 5.40. The minimum atomic E-state index is -1.03. The lowest BCUT2D eigenvalue weighted by Crippen LogP contribution is -2.44. The second kappa shape index (κ2) is 7.64. The number of nitrogens with zero attached hydrogens (tertiary/aromatic N) is 1. The van der Waals surface area contributed by atoms with Crippen LogP contribution >= 0.6 is 0 Å². The summed E-state index contributed by atoms with van der Waals surface area (Å²) in [7, 11) is 0. The molecule has 0 atom stereocenters. The van der Waals surface area contributed by atoms with Crippen molar-refractivity contribution in [2.45, 2.75) is 31.7 Å². The molecule has 1 aromatic carbocycles. The van der Waals surface area contributed by atoms with Gasteiger partial charge in [-0.1, -0.05) is 30.3 Å². The number of aliphatic carboxylic acids is 1. The molecule has 1 N–H and O–H groups in total. The van der Waals surface area contributed by atoms with E-state index < -0.39 is 12.1 Å². The first kappa shape index (κ1) is 16.1. The van der Waals surface area contributed by atoms with Gasteiger partial charge in [-0.25, -0.2) is 4.79 Å². The summed E-state index contributed by atoms with van der Waals surface area (Å²) in [5.74, 6) is -1.03. The van der Waals surface area contributed by atoms with Crippen molar-refractivity contribution in [3.63, 3.8) is 0 Å². The number of carbonyl (C=O) groups excluding carboxylic acids is 1. The molecule has 0 spiro atoms. The van der Waals surface area contributed by atoms with Crippen LogP contribution in [0.3, 0.4) is 0 Å². The normalized spacial score (nSPS) is 13.5. The first-order valence-electron chi connectivity index (χ1n) is 7.44. The number of hydrogen-bond donors (Lipinski definition) is 1. The van der Waals surface area contributed by atoms with Crippen LogP contribution in [0, 0.1) is 0 Å². The van der Waals surface area contributed by atoms with Crippen molar-refractivity contribution < 1.29 is 19.4 Å². The summed E-state index contributed by atoms with van der Waals surface area (Å²) in [5.41, 5.74) is 2.34. The molecule has 0 aliphatic heterocycles. The number of benzene rings is 1. The molecule has 0 fully saturated rings. The number of allylic oxidation sites excluding steroid dienone is 1. The van der Waals surface area contributed by atoms with Crippen LogP contribution in [0.1, 0.15) is 24.0 Å². The molecule has 22 heavy (non-hydrogen) atoms. The van der Waals surface area contributed by atoms with E-state index in [1.165, 1.54) is 16.0 Å². The Morgan fingerprint density at radius 2 is 1.95 bits per heavy atom. The van der Waals surface area contributed by atoms with Gasteiger partial charge in [0, 0.05) is 6.04 Å². The molecule has 118 valence electrons. The number of rotatable bonds is 7. The minimum absolute atomic E-state index is 0.152. The van der Waals surface area contributed by atoms with Crippen LogP contribution in [-0.4, -0.2) is 41.3 Å². The second-order valence-electron chi connectivity index (χ2n) is 5.40. The van der Waals surface area contributed by atoms with E-state index in [9.17, 15) is 9.59 Å². The summed E-state index contributed by atoms with van der Waals surface area (Å²) in [5, 5.41) is 9.06. The molecular formula is C17H21NO4. The molecule has 0 radical (unpaired) electrons. The SMILES string of the molecule is C=CCCCOC(=O)N(CC(=O)O)C1Cc2ccccc2C1. The topological polar surface area (TPSA) is 66.8 Å². The van der Waals surface area contributed by atoms with Crippen LogP contribution in [0.2, 0.25) is 0 Å². The van der Waals surface area contributed by atoms with Crippen molar-refractivity contribution >= 4 is 12.1 Å². The third kappa shape index (κ3) is 4.10. The lowest BCUT2D eigenvalue weighted by atomic mass is 10.1. The highest BCUT2D eigenvalue weighted by atomic mass is 16.6. The molecule has 1 aliphatic rings. The third-order valence-electron chi connectivity index (χ3n) is 3.79. The van der Waals surface area contributed by atoms with Gasteiger partial charge in [0.15, 0.2) is 0 Å². The summed E-state index contributed by atoms with van der Waals surface area (Å²) >= 11 is 0. The quantitative estimate of drug-likeness (QED) is 0.621. The highest BCUT2D eigenvalue weighted by Crippen LogP contribution is 2.25. The molecule has 1 aliphatic carbocycles. The predicted molar refractivity (Wildman–Crippen MR) is 82.8 cm³/mol. The molecule has 0 bridgehead atoms. The van der Waals surface area contributed by atoms with Gasteiger partial charge in [-0.15, -0.1) is 6.58 Å². The molecule has 0 heterocycles. The number of carboxylic acid groups (broad SMARTS) is 1. The highest BCUT2D eigenvalue weighted by Gasteiger charge is 2.32. The Morgan fingerprint density at radius 1 is 1.32 bits per heavy atom. The summed E-state index contributed by atoms with van der Waals surface area (Å²) in [6, 6.07) is 7.79. The molecule has 0 unspecified atom stereocenters. The number of amides is 1. The monoisotopic (exact) mass is 303 g/mol. The van der Waals surface area contributed by atoms with Crippen LogP contribution in [0.4, 0.5) is 4.79 Å². The van der Waals surface area contributed by atoms with E-state index in [1.807, 2.05) is 24.3 Å². The average molecular weight is 303 g/mol. The van der Waals surface area contributed by atoms with Gasteiger partial charge in [0.1, 0.15) is 6.54 Å². The van der Waals surface area contributed by atoms with Gasteiger partial charge in [-0.2, -0.15) is 0 Å². The Balaban J connectivity index is 1.99. The Labute approximate surface area is 130 Å². The minimum Gasteiger partial charge on any atom is -0.480 e. The molecule has 2 rings (SSSR count). The van der Waals surface area contributed by atoms with Crippen LogP contribution in [-0.2, 0) is 22.4 Å². The molecule has 0 saturated heterocycles. The smallest absolute Gasteiger partial charge is 0.410 e. The van der Waals surface area contributed by atoms with Gasteiger partial charge in [-0.05, 0) is 36.8 Å². The largest absolute Gasteiger partial charge is 0.480 e. The van der Waals surface area contributed by atoms with Crippen molar-refractivity contribution in [3.05, 3.63) is 48.0 Å². The maximum atomic E-state index is 12.2. The van der Waals surface area contributed by atoms with Crippen molar-refractivity contribution in [1.82, 2.24) is 4.90 Å². The standard InChI is InChI=1S/C17H21NO4/c1-2-3-6-9-22-17(21)18(12-16(19)20)15-10-13-7-4-5-8-14(13)11-15/h2,4-5,7-8,15H,1,3,6,9-12H2,(H,19,20). The number of unbranched alkanes of at least 4 members (excludes halogenated alkanes) is 1. The number of ether oxygens (including phenoxy) is 1. The molecule has 5 heteroatoms. The summed E-state index contributed by atoms with van der Waals surface area (Å²) in [6.45, 7) is 3.55. The van der Waals surface area contributed by atoms with Crippen LogP contribution in [0.25, 0.3) is 0 Å². The van der Waals surface area contributed by atoms with E-state index in [2.05, 4.69) is 6.58 Å². The van der Waals surface area contributed by atoms with Crippen molar-refractivity contribution in [2.24, 2.45) is 0 Å². The van der Waals surface area contributed by atoms with E-state index in [-0.39, 0.29) is 19.2 Å². The molecular weight excluding hydrogens is 282 g/mol. The van der Waals surface area contributed by atoms with E-state index in [0.717, 1.165) is 6.42 Å². The van der Waals surface area contributed by atoms with Gasteiger partial charge in [0.25, 0.3) is 0 Å². The first-order chi connectivity index (χ1) is 10.6.